The van der Waals surface area contributed by atoms with Crippen LogP contribution in [0.1, 0.15) is 40.9 Å². The minimum atomic E-state index is -0.300. The van der Waals surface area contributed by atoms with Crippen LogP contribution in [0.25, 0.3) is 0 Å². The molecule has 0 saturated heterocycles. The van der Waals surface area contributed by atoms with Gasteiger partial charge in [0.25, 0.3) is 0 Å². The van der Waals surface area contributed by atoms with E-state index in [9.17, 15) is 4.79 Å². The van der Waals surface area contributed by atoms with Gasteiger partial charge in [0.2, 0.25) is 0 Å². The fourth-order valence-corrected chi connectivity index (χ4v) is 3.73. The average molecular weight is 308 g/mol. The maximum atomic E-state index is 11.9. The number of fused-ring (bicyclic) bond motifs is 2. The summed E-state index contributed by atoms with van der Waals surface area (Å²) in [6.45, 7) is 3.17. The third-order valence-corrected chi connectivity index (χ3v) is 4.85. The molecular formula is C19H20N2O2. The number of carbonyl (C=O) groups is 1. The molecule has 0 fully saturated rings. The van der Waals surface area contributed by atoms with E-state index in [4.69, 9.17) is 4.74 Å². The number of nitrogens with one attached hydrogen (secondary N) is 1. The quantitative estimate of drug-likeness (QED) is 0.850. The molecule has 0 spiro atoms. The SMILES string of the molecule is CCC1Nc2cc(C(=O)OC)ccc2N2CCc3cccc1c32. The highest BCUT2D eigenvalue weighted by molar-refractivity contribution is 5.94. The van der Waals surface area contributed by atoms with Crippen LogP contribution in [0.15, 0.2) is 36.4 Å². The Morgan fingerprint density at radius 1 is 1.35 bits per heavy atom. The standard InChI is InChI=1S/C19H20N2O2/c1-3-15-14-6-4-5-12-9-10-21(18(12)14)17-8-7-13(19(22)23-2)11-16(17)20-15/h4-8,11,15,20H,3,9-10H2,1-2H3. The second-order valence-electron chi connectivity index (χ2n) is 6.09. The molecule has 1 atom stereocenters. The van der Waals surface area contributed by atoms with Crippen LogP contribution in [-0.2, 0) is 11.2 Å². The predicted molar refractivity (Wildman–Crippen MR) is 91.6 cm³/mol. The van der Waals surface area contributed by atoms with Crippen LogP contribution in [0, 0.1) is 0 Å². The van der Waals surface area contributed by atoms with Gasteiger partial charge in [-0.05, 0) is 42.2 Å². The largest absolute Gasteiger partial charge is 0.465 e. The van der Waals surface area contributed by atoms with E-state index in [1.807, 2.05) is 18.2 Å². The van der Waals surface area contributed by atoms with Crippen molar-refractivity contribution in [1.29, 1.82) is 0 Å². The van der Waals surface area contributed by atoms with Crippen LogP contribution in [0.5, 0.6) is 0 Å². The van der Waals surface area contributed by atoms with Gasteiger partial charge in [-0.2, -0.15) is 0 Å². The monoisotopic (exact) mass is 308 g/mol. The van der Waals surface area contributed by atoms with E-state index < -0.39 is 0 Å². The second kappa shape index (κ2) is 5.30. The fraction of sp³-hybridized carbons (Fsp3) is 0.316. The van der Waals surface area contributed by atoms with Gasteiger partial charge in [0.05, 0.1) is 30.1 Å². The van der Waals surface area contributed by atoms with Crippen LogP contribution >= 0.6 is 0 Å². The number of ether oxygens (including phenoxy) is 1. The number of hydrogen-bond acceptors (Lipinski definition) is 4. The normalized spacial score (nSPS) is 17.8. The predicted octanol–water partition coefficient (Wildman–Crippen LogP) is 4.04. The Bertz CT molecular complexity index is 785. The van der Waals surface area contributed by atoms with Gasteiger partial charge in [0.15, 0.2) is 0 Å². The highest BCUT2D eigenvalue weighted by Crippen LogP contribution is 2.47. The molecule has 4 rings (SSSR count). The Morgan fingerprint density at radius 3 is 3.00 bits per heavy atom. The van der Waals surface area contributed by atoms with Crippen LogP contribution < -0.4 is 10.2 Å². The summed E-state index contributed by atoms with van der Waals surface area (Å²) in [6.07, 6.45) is 2.06. The lowest BCUT2D eigenvalue weighted by atomic mass is 9.99. The summed E-state index contributed by atoms with van der Waals surface area (Å²) in [7, 11) is 1.42. The lowest BCUT2D eigenvalue weighted by molar-refractivity contribution is 0.0601. The zero-order chi connectivity index (χ0) is 16.0. The van der Waals surface area contributed by atoms with E-state index in [2.05, 4.69) is 35.3 Å². The summed E-state index contributed by atoms with van der Waals surface area (Å²) in [6, 6.07) is 12.6. The summed E-state index contributed by atoms with van der Waals surface area (Å²) in [4.78, 5) is 14.2. The van der Waals surface area contributed by atoms with Gasteiger partial charge in [-0.15, -0.1) is 0 Å². The highest BCUT2D eigenvalue weighted by Gasteiger charge is 2.31. The first-order chi connectivity index (χ1) is 11.2. The Hall–Kier alpha value is -2.49. The van der Waals surface area contributed by atoms with Crippen molar-refractivity contribution in [3.05, 3.63) is 53.1 Å². The molecule has 2 aromatic rings. The molecule has 2 aliphatic rings. The lowest BCUT2D eigenvalue weighted by Crippen LogP contribution is -2.14. The number of esters is 1. The topological polar surface area (TPSA) is 41.6 Å². The van der Waals surface area contributed by atoms with Gasteiger partial charge in [-0.3, -0.25) is 0 Å². The third kappa shape index (κ3) is 2.09. The molecular weight excluding hydrogens is 288 g/mol. The van der Waals surface area contributed by atoms with E-state index in [1.54, 1.807) is 0 Å². The summed E-state index contributed by atoms with van der Waals surface area (Å²) >= 11 is 0. The molecule has 2 aliphatic heterocycles. The molecule has 1 unspecified atom stereocenters. The molecule has 0 radical (unpaired) electrons. The van der Waals surface area contributed by atoms with Crippen molar-refractivity contribution < 1.29 is 9.53 Å². The van der Waals surface area contributed by atoms with Crippen LogP contribution in [0.4, 0.5) is 17.1 Å². The molecule has 0 saturated carbocycles. The minimum Gasteiger partial charge on any atom is -0.465 e. The first-order valence-corrected chi connectivity index (χ1v) is 8.11. The zero-order valence-electron chi connectivity index (χ0n) is 13.4. The summed E-state index contributed by atoms with van der Waals surface area (Å²) < 4.78 is 4.86. The van der Waals surface area contributed by atoms with Crippen molar-refractivity contribution in [3.8, 4) is 0 Å². The summed E-state index contributed by atoms with van der Waals surface area (Å²) in [5.41, 5.74) is 6.82. The van der Waals surface area contributed by atoms with Crippen LogP contribution in [0.3, 0.4) is 0 Å². The smallest absolute Gasteiger partial charge is 0.337 e. The van der Waals surface area contributed by atoms with E-state index in [-0.39, 0.29) is 12.0 Å². The molecule has 0 aliphatic carbocycles. The maximum absolute atomic E-state index is 11.9. The number of methoxy groups -OCH3 is 1. The molecule has 0 amide bonds. The molecule has 2 heterocycles. The zero-order valence-corrected chi connectivity index (χ0v) is 13.4. The van der Waals surface area contributed by atoms with Crippen LogP contribution in [0.2, 0.25) is 0 Å². The van der Waals surface area contributed by atoms with E-state index in [0.29, 0.717) is 5.56 Å². The van der Waals surface area contributed by atoms with Crippen molar-refractivity contribution in [2.45, 2.75) is 25.8 Å². The second-order valence-corrected chi connectivity index (χ2v) is 6.09. The lowest BCUT2D eigenvalue weighted by Gasteiger charge is -2.21. The minimum absolute atomic E-state index is 0.250. The number of nitrogens with zero attached hydrogens (tertiary/aromatic N) is 1. The van der Waals surface area contributed by atoms with Crippen molar-refractivity contribution in [3.63, 3.8) is 0 Å². The van der Waals surface area contributed by atoms with Gasteiger partial charge >= 0.3 is 5.97 Å². The number of hydrogen-bond donors (Lipinski definition) is 1. The molecule has 1 N–H and O–H groups in total. The Morgan fingerprint density at radius 2 is 2.22 bits per heavy atom. The van der Waals surface area contributed by atoms with Crippen LogP contribution in [-0.4, -0.2) is 19.6 Å². The number of benzene rings is 2. The first-order valence-electron chi connectivity index (χ1n) is 8.11. The van der Waals surface area contributed by atoms with Gasteiger partial charge in [0, 0.05) is 12.2 Å². The van der Waals surface area contributed by atoms with E-state index >= 15 is 0 Å². The summed E-state index contributed by atoms with van der Waals surface area (Å²) in [5.74, 6) is -0.300. The summed E-state index contributed by atoms with van der Waals surface area (Å²) in [5, 5.41) is 3.63. The molecule has 4 heteroatoms. The molecule has 0 aromatic heterocycles. The van der Waals surface area contributed by atoms with Crippen molar-refractivity contribution >= 4 is 23.0 Å². The number of para-hydroxylation sites is 1. The Labute approximate surface area is 136 Å². The first kappa shape index (κ1) is 14.1. The maximum Gasteiger partial charge on any atom is 0.337 e. The number of rotatable bonds is 2. The number of anilines is 3. The molecule has 23 heavy (non-hydrogen) atoms. The molecule has 2 aromatic carbocycles. The highest BCUT2D eigenvalue weighted by atomic mass is 16.5. The van der Waals surface area contributed by atoms with Gasteiger partial charge in [0.1, 0.15) is 0 Å². The van der Waals surface area contributed by atoms with Gasteiger partial charge in [-0.1, -0.05) is 25.1 Å². The van der Waals surface area contributed by atoms with Crippen molar-refractivity contribution in [2.24, 2.45) is 0 Å². The Kier molecular flexibility index (Phi) is 3.26. The van der Waals surface area contributed by atoms with Gasteiger partial charge in [-0.25, -0.2) is 4.79 Å². The molecule has 0 bridgehead atoms. The van der Waals surface area contributed by atoms with Gasteiger partial charge < -0.3 is 15.0 Å². The fourth-order valence-electron chi connectivity index (χ4n) is 3.73. The van der Waals surface area contributed by atoms with E-state index in [1.165, 1.54) is 23.9 Å². The van der Waals surface area contributed by atoms with E-state index in [0.717, 1.165) is 30.8 Å². The number of carbonyl (C=O) groups excluding carboxylic acids is 1. The average Bonchev–Trinajstić information content (AvgIpc) is 2.96. The molecule has 4 nitrogen and oxygen atoms in total. The van der Waals surface area contributed by atoms with Crippen molar-refractivity contribution in [2.75, 3.05) is 23.9 Å². The Balaban J connectivity index is 1.89. The molecule has 118 valence electrons. The third-order valence-electron chi connectivity index (χ3n) is 4.85. The van der Waals surface area contributed by atoms with Crippen molar-refractivity contribution in [1.82, 2.24) is 0 Å².